The monoisotopic (exact) mass is 384 g/mol. The molecule has 2 heterocycles. The Hall–Kier alpha value is -1.67. The van der Waals surface area contributed by atoms with E-state index in [1.165, 1.54) is 12.1 Å². The molecule has 0 unspecified atom stereocenters. The summed E-state index contributed by atoms with van der Waals surface area (Å²) in [5.74, 6) is -0.293. The second kappa shape index (κ2) is 7.92. The number of nitrogens with zero attached hydrogens (tertiary/aromatic N) is 2. The highest BCUT2D eigenvalue weighted by atomic mass is 32.2. The highest BCUT2D eigenvalue weighted by molar-refractivity contribution is 7.91. The van der Waals surface area contributed by atoms with Crippen LogP contribution < -0.4 is 4.74 Å². The summed E-state index contributed by atoms with van der Waals surface area (Å²) in [6, 6.07) is 4.70. The fraction of sp³-hybridized carbons (Fsp3) is 0.611. The fourth-order valence-electron chi connectivity index (χ4n) is 3.66. The Bertz CT molecular complexity index is 746. The van der Waals surface area contributed by atoms with E-state index >= 15 is 0 Å². The topological polar surface area (TPSA) is 66.9 Å². The van der Waals surface area contributed by atoms with Crippen molar-refractivity contribution < 1.29 is 22.3 Å². The smallest absolute Gasteiger partial charge is 0.257 e. The minimum Gasteiger partial charge on any atom is -0.490 e. The predicted molar refractivity (Wildman–Crippen MR) is 96.7 cm³/mol. The molecular formula is C18H25FN2O4S. The summed E-state index contributed by atoms with van der Waals surface area (Å²) in [6.07, 6.45) is 1.59. The molecular weight excluding hydrogens is 359 g/mol. The van der Waals surface area contributed by atoms with Gasteiger partial charge in [0.1, 0.15) is 0 Å². The molecule has 3 rings (SSSR count). The van der Waals surface area contributed by atoms with Crippen molar-refractivity contribution in [3.05, 3.63) is 29.6 Å². The number of hydrogen-bond acceptors (Lipinski definition) is 5. The van der Waals surface area contributed by atoms with Crippen LogP contribution in [0.5, 0.6) is 5.75 Å². The number of hydrogen-bond donors (Lipinski definition) is 0. The van der Waals surface area contributed by atoms with Gasteiger partial charge in [-0.05, 0) is 31.9 Å². The van der Waals surface area contributed by atoms with Crippen molar-refractivity contribution in [2.45, 2.75) is 25.8 Å². The number of para-hydroxylation sites is 1. The van der Waals surface area contributed by atoms with Crippen LogP contribution in [0.15, 0.2) is 18.2 Å². The van der Waals surface area contributed by atoms with Crippen molar-refractivity contribution in [1.82, 2.24) is 9.80 Å². The molecule has 0 aliphatic carbocycles. The summed E-state index contributed by atoms with van der Waals surface area (Å²) >= 11 is 0. The quantitative estimate of drug-likeness (QED) is 0.788. The van der Waals surface area contributed by atoms with E-state index in [1.54, 1.807) is 17.9 Å². The van der Waals surface area contributed by atoms with Crippen molar-refractivity contribution >= 4 is 15.7 Å². The second-order valence-corrected chi connectivity index (χ2v) is 9.06. The number of halogens is 1. The van der Waals surface area contributed by atoms with Crippen LogP contribution in [0.4, 0.5) is 4.39 Å². The van der Waals surface area contributed by atoms with Crippen molar-refractivity contribution in [1.29, 1.82) is 0 Å². The van der Waals surface area contributed by atoms with E-state index in [4.69, 9.17) is 4.74 Å². The maximum atomic E-state index is 14.0. The number of carbonyl (C=O) groups is 1. The van der Waals surface area contributed by atoms with Gasteiger partial charge in [-0.2, -0.15) is 0 Å². The number of sulfone groups is 1. The molecule has 2 aliphatic heterocycles. The maximum Gasteiger partial charge on any atom is 0.257 e. The van der Waals surface area contributed by atoms with Crippen molar-refractivity contribution in [2.75, 3.05) is 44.3 Å². The average Bonchev–Trinajstić information content (AvgIpc) is 2.63. The molecule has 144 valence electrons. The first-order valence-electron chi connectivity index (χ1n) is 9.06. The molecule has 0 N–H and O–H groups in total. The van der Waals surface area contributed by atoms with E-state index in [-0.39, 0.29) is 28.7 Å². The zero-order chi connectivity index (χ0) is 18.7. The number of carbonyl (C=O) groups excluding carboxylic acids is 1. The third kappa shape index (κ3) is 4.17. The molecule has 0 atom stereocenters. The van der Waals surface area contributed by atoms with Gasteiger partial charge in [-0.25, -0.2) is 12.8 Å². The predicted octanol–water partition coefficient (Wildman–Crippen LogP) is 1.56. The summed E-state index contributed by atoms with van der Waals surface area (Å²) in [7, 11) is -2.88. The van der Waals surface area contributed by atoms with Gasteiger partial charge in [-0.3, -0.25) is 9.69 Å². The van der Waals surface area contributed by atoms with E-state index < -0.39 is 15.7 Å². The third-order valence-corrected chi connectivity index (χ3v) is 6.74. The van der Waals surface area contributed by atoms with Gasteiger partial charge in [-0.15, -0.1) is 0 Å². The van der Waals surface area contributed by atoms with Gasteiger partial charge in [0, 0.05) is 32.2 Å². The minimum absolute atomic E-state index is 0.0170. The Kier molecular flexibility index (Phi) is 5.82. The second-order valence-electron chi connectivity index (χ2n) is 6.76. The van der Waals surface area contributed by atoms with Crippen LogP contribution in [-0.4, -0.2) is 74.5 Å². The lowest BCUT2D eigenvalue weighted by atomic mass is 10.0. The molecule has 1 aromatic carbocycles. The minimum atomic E-state index is -2.88. The highest BCUT2D eigenvalue weighted by Crippen LogP contribution is 2.26. The SMILES string of the molecule is CCOc1c(F)cccc1C(=O)N1CCC(N2CCS(=O)(=O)CC2)CC1. The van der Waals surface area contributed by atoms with Crippen LogP contribution in [0.25, 0.3) is 0 Å². The molecule has 1 aromatic rings. The summed E-state index contributed by atoms with van der Waals surface area (Å²) in [4.78, 5) is 16.8. The maximum absolute atomic E-state index is 14.0. The number of amides is 1. The molecule has 0 spiro atoms. The standard InChI is InChI=1S/C18H25FN2O4S/c1-2-25-17-15(4-3-5-16(17)19)18(22)21-8-6-14(7-9-21)20-10-12-26(23,24)13-11-20/h3-5,14H,2,6-13H2,1H3. The number of ether oxygens (including phenoxy) is 1. The normalized spacial score (nSPS) is 21.5. The van der Waals surface area contributed by atoms with Crippen LogP contribution in [0, 0.1) is 5.82 Å². The number of rotatable bonds is 4. The van der Waals surface area contributed by atoms with Gasteiger partial charge >= 0.3 is 0 Å². The molecule has 26 heavy (non-hydrogen) atoms. The van der Waals surface area contributed by atoms with Crippen LogP contribution in [0.1, 0.15) is 30.1 Å². The molecule has 0 radical (unpaired) electrons. The lowest BCUT2D eigenvalue weighted by molar-refractivity contribution is 0.0625. The molecule has 0 saturated carbocycles. The summed E-state index contributed by atoms with van der Waals surface area (Å²) < 4.78 is 42.4. The molecule has 1 amide bonds. The van der Waals surface area contributed by atoms with Crippen LogP contribution in [0.3, 0.4) is 0 Å². The average molecular weight is 384 g/mol. The zero-order valence-corrected chi connectivity index (χ0v) is 15.8. The molecule has 2 fully saturated rings. The highest BCUT2D eigenvalue weighted by Gasteiger charge is 2.32. The Morgan fingerprint density at radius 3 is 2.46 bits per heavy atom. The van der Waals surface area contributed by atoms with Gasteiger partial charge in [0.25, 0.3) is 5.91 Å². The summed E-state index contributed by atoms with van der Waals surface area (Å²) in [5, 5.41) is 0. The van der Waals surface area contributed by atoms with Gasteiger partial charge < -0.3 is 9.64 Å². The number of piperidine rings is 1. The van der Waals surface area contributed by atoms with Crippen LogP contribution in [0.2, 0.25) is 0 Å². The Labute approximate surface area is 153 Å². The Balaban J connectivity index is 1.62. The van der Waals surface area contributed by atoms with Crippen molar-refractivity contribution in [2.24, 2.45) is 0 Å². The summed E-state index contributed by atoms with van der Waals surface area (Å²) in [6.45, 7) is 4.34. The number of likely N-dealkylation sites (tertiary alicyclic amines) is 1. The van der Waals surface area contributed by atoms with Crippen LogP contribution >= 0.6 is 0 Å². The first-order chi connectivity index (χ1) is 12.4. The van der Waals surface area contributed by atoms with E-state index in [2.05, 4.69) is 4.90 Å². The van der Waals surface area contributed by atoms with Gasteiger partial charge in [0.15, 0.2) is 21.4 Å². The van der Waals surface area contributed by atoms with E-state index in [1.807, 2.05) is 0 Å². The molecule has 6 nitrogen and oxygen atoms in total. The summed E-state index contributed by atoms with van der Waals surface area (Å²) in [5.41, 5.74) is 0.259. The Morgan fingerprint density at radius 2 is 1.85 bits per heavy atom. The largest absolute Gasteiger partial charge is 0.490 e. The van der Waals surface area contributed by atoms with Crippen LogP contribution in [-0.2, 0) is 9.84 Å². The van der Waals surface area contributed by atoms with E-state index in [0.717, 1.165) is 12.8 Å². The molecule has 8 heteroatoms. The first kappa shape index (κ1) is 19.1. The first-order valence-corrected chi connectivity index (χ1v) is 10.9. The Morgan fingerprint density at radius 1 is 1.19 bits per heavy atom. The molecule has 0 bridgehead atoms. The lowest BCUT2D eigenvalue weighted by Crippen LogP contribution is -2.51. The van der Waals surface area contributed by atoms with Gasteiger partial charge in [0.05, 0.1) is 23.7 Å². The van der Waals surface area contributed by atoms with Gasteiger partial charge in [-0.1, -0.05) is 6.07 Å². The molecule has 2 aliphatic rings. The van der Waals surface area contributed by atoms with E-state index in [0.29, 0.717) is 38.8 Å². The van der Waals surface area contributed by atoms with Crippen molar-refractivity contribution in [3.63, 3.8) is 0 Å². The third-order valence-electron chi connectivity index (χ3n) is 5.13. The fourth-order valence-corrected chi connectivity index (χ4v) is 4.89. The zero-order valence-electron chi connectivity index (χ0n) is 15.0. The van der Waals surface area contributed by atoms with Crippen molar-refractivity contribution in [3.8, 4) is 5.75 Å². The molecule has 2 saturated heterocycles. The van der Waals surface area contributed by atoms with Gasteiger partial charge in [0.2, 0.25) is 0 Å². The molecule has 0 aromatic heterocycles. The van der Waals surface area contributed by atoms with E-state index in [9.17, 15) is 17.6 Å². The number of benzene rings is 1. The lowest BCUT2D eigenvalue weighted by Gasteiger charge is -2.40.